The summed E-state index contributed by atoms with van der Waals surface area (Å²) in [5, 5.41) is 7.39. The van der Waals surface area contributed by atoms with Gasteiger partial charge in [0.1, 0.15) is 0 Å². The Morgan fingerprint density at radius 2 is 1.33 bits per heavy atom. The van der Waals surface area contributed by atoms with Gasteiger partial charge in [0, 0.05) is 12.1 Å². The zero-order valence-corrected chi connectivity index (χ0v) is 13.2. The van der Waals surface area contributed by atoms with Crippen LogP contribution in [0.2, 0.25) is 0 Å². The van der Waals surface area contributed by atoms with Crippen molar-refractivity contribution in [1.82, 2.24) is 5.32 Å². The first-order valence-corrected chi connectivity index (χ1v) is 8.05. The van der Waals surface area contributed by atoms with Gasteiger partial charge in [-0.25, -0.2) is 0 Å². The van der Waals surface area contributed by atoms with Crippen LogP contribution < -0.4 is 5.32 Å². The van der Waals surface area contributed by atoms with Crippen molar-refractivity contribution in [2.75, 3.05) is 0 Å². The smallest absolute Gasteiger partial charge is 0.252 e. The zero-order valence-electron chi connectivity index (χ0n) is 13.2. The summed E-state index contributed by atoms with van der Waals surface area (Å²) in [5.41, 5.74) is 1.82. The van der Waals surface area contributed by atoms with Crippen molar-refractivity contribution in [2.45, 2.75) is 6.54 Å². The van der Waals surface area contributed by atoms with Crippen molar-refractivity contribution in [3.8, 4) is 0 Å². The molecule has 0 aromatic heterocycles. The molecule has 0 spiro atoms. The van der Waals surface area contributed by atoms with Gasteiger partial charge in [-0.05, 0) is 33.2 Å². The molecule has 0 atom stereocenters. The molecule has 116 valence electrons. The van der Waals surface area contributed by atoms with Crippen molar-refractivity contribution in [1.29, 1.82) is 0 Å². The van der Waals surface area contributed by atoms with Gasteiger partial charge in [0.2, 0.25) is 0 Å². The number of benzene rings is 4. The Hall–Kier alpha value is -3.13. The lowest BCUT2D eigenvalue weighted by Gasteiger charge is -2.11. The second kappa shape index (κ2) is 6.17. The Kier molecular flexibility index (Phi) is 3.72. The van der Waals surface area contributed by atoms with Crippen LogP contribution in [0, 0.1) is 0 Å². The average Bonchev–Trinajstić information content (AvgIpc) is 2.66. The molecular formula is C22H17NO. The highest BCUT2D eigenvalue weighted by atomic mass is 16.1. The van der Waals surface area contributed by atoms with E-state index in [1.54, 1.807) is 0 Å². The number of carbonyl (C=O) groups is 1. The molecular weight excluding hydrogens is 294 g/mol. The van der Waals surface area contributed by atoms with Crippen LogP contribution in [0.25, 0.3) is 21.5 Å². The number of amides is 1. The predicted molar refractivity (Wildman–Crippen MR) is 99.1 cm³/mol. The van der Waals surface area contributed by atoms with Crippen LogP contribution in [0.1, 0.15) is 15.9 Å². The van der Waals surface area contributed by atoms with E-state index in [-0.39, 0.29) is 5.91 Å². The summed E-state index contributed by atoms with van der Waals surface area (Å²) in [6.45, 7) is 0.529. The maximum atomic E-state index is 12.8. The summed E-state index contributed by atoms with van der Waals surface area (Å²) in [6, 6.07) is 28.2. The van der Waals surface area contributed by atoms with E-state index in [1.165, 1.54) is 5.39 Å². The van der Waals surface area contributed by atoms with Gasteiger partial charge in [-0.1, -0.05) is 78.9 Å². The van der Waals surface area contributed by atoms with E-state index in [0.29, 0.717) is 6.54 Å². The fourth-order valence-corrected chi connectivity index (χ4v) is 3.12. The van der Waals surface area contributed by atoms with E-state index in [0.717, 1.165) is 27.3 Å². The quantitative estimate of drug-likeness (QED) is 0.534. The molecule has 24 heavy (non-hydrogen) atoms. The summed E-state index contributed by atoms with van der Waals surface area (Å²) >= 11 is 0. The zero-order chi connectivity index (χ0) is 16.4. The molecule has 0 radical (unpaired) electrons. The van der Waals surface area contributed by atoms with Gasteiger partial charge < -0.3 is 5.32 Å². The van der Waals surface area contributed by atoms with Gasteiger partial charge in [0.05, 0.1) is 0 Å². The second-order valence-electron chi connectivity index (χ2n) is 5.86. The average molecular weight is 311 g/mol. The Bertz CT molecular complexity index is 1020. The van der Waals surface area contributed by atoms with E-state index in [4.69, 9.17) is 0 Å². The molecule has 0 bridgehead atoms. The number of rotatable bonds is 3. The molecule has 0 aliphatic rings. The predicted octanol–water partition coefficient (Wildman–Crippen LogP) is 4.92. The summed E-state index contributed by atoms with van der Waals surface area (Å²) < 4.78 is 0. The molecule has 0 unspecified atom stereocenters. The Labute approximate surface area is 140 Å². The fraction of sp³-hybridized carbons (Fsp3) is 0.0455. The first-order valence-electron chi connectivity index (χ1n) is 8.05. The molecule has 0 aliphatic heterocycles. The van der Waals surface area contributed by atoms with Crippen molar-refractivity contribution >= 4 is 27.5 Å². The van der Waals surface area contributed by atoms with Crippen LogP contribution in [0.4, 0.5) is 0 Å². The van der Waals surface area contributed by atoms with Gasteiger partial charge in [-0.3, -0.25) is 4.79 Å². The van der Waals surface area contributed by atoms with Gasteiger partial charge in [0.25, 0.3) is 5.91 Å². The number of hydrogen-bond donors (Lipinski definition) is 1. The van der Waals surface area contributed by atoms with E-state index in [1.807, 2.05) is 66.7 Å². The monoisotopic (exact) mass is 311 g/mol. The lowest BCUT2D eigenvalue weighted by atomic mass is 9.97. The maximum absolute atomic E-state index is 12.8. The minimum absolute atomic E-state index is 0.0409. The largest absolute Gasteiger partial charge is 0.348 e. The first kappa shape index (κ1) is 14.5. The van der Waals surface area contributed by atoms with Gasteiger partial charge in [0.15, 0.2) is 0 Å². The summed E-state index contributed by atoms with van der Waals surface area (Å²) in [4.78, 5) is 12.8. The number of hydrogen-bond acceptors (Lipinski definition) is 1. The van der Waals surface area contributed by atoms with E-state index in [2.05, 4.69) is 23.5 Å². The van der Waals surface area contributed by atoms with E-state index >= 15 is 0 Å². The molecule has 0 fully saturated rings. The van der Waals surface area contributed by atoms with Crippen LogP contribution in [0.3, 0.4) is 0 Å². The molecule has 0 aliphatic carbocycles. The molecule has 4 aromatic rings. The fourth-order valence-electron chi connectivity index (χ4n) is 3.12. The third kappa shape index (κ3) is 2.63. The van der Waals surface area contributed by atoms with Gasteiger partial charge in [-0.15, -0.1) is 0 Å². The standard InChI is InChI=1S/C22H17NO/c24-22(23-15-16-8-2-1-3-9-16)21-14-17-10-4-5-11-18(17)19-12-6-7-13-20(19)21/h1-14H,15H2,(H,23,24). The molecule has 0 saturated heterocycles. The van der Waals surface area contributed by atoms with Gasteiger partial charge in [-0.2, -0.15) is 0 Å². The summed E-state index contributed by atoms with van der Waals surface area (Å²) in [7, 11) is 0. The molecule has 0 saturated carbocycles. The molecule has 1 amide bonds. The van der Waals surface area contributed by atoms with Crippen LogP contribution >= 0.6 is 0 Å². The van der Waals surface area contributed by atoms with Crippen molar-refractivity contribution < 1.29 is 4.79 Å². The van der Waals surface area contributed by atoms with Crippen molar-refractivity contribution in [3.63, 3.8) is 0 Å². The lowest BCUT2D eigenvalue weighted by Crippen LogP contribution is -2.23. The van der Waals surface area contributed by atoms with E-state index in [9.17, 15) is 4.79 Å². The number of nitrogens with one attached hydrogen (secondary N) is 1. The Balaban J connectivity index is 1.76. The first-order chi connectivity index (χ1) is 11.8. The normalized spacial score (nSPS) is 10.8. The lowest BCUT2D eigenvalue weighted by molar-refractivity contribution is 0.0952. The van der Waals surface area contributed by atoms with Crippen LogP contribution in [-0.4, -0.2) is 5.91 Å². The topological polar surface area (TPSA) is 29.1 Å². The Morgan fingerprint density at radius 3 is 2.12 bits per heavy atom. The minimum Gasteiger partial charge on any atom is -0.348 e. The van der Waals surface area contributed by atoms with Crippen molar-refractivity contribution in [2.24, 2.45) is 0 Å². The maximum Gasteiger partial charge on any atom is 0.252 e. The van der Waals surface area contributed by atoms with Gasteiger partial charge >= 0.3 is 0 Å². The third-order valence-corrected chi connectivity index (χ3v) is 4.31. The molecule has 1 N–H and O–H groups in total. The van der Waals surface area contributed by atoms with Crippen LogP contribution in [0.15, 0.2) is 84.9 Å². The summed E-state index contributed by atoms with van der Waals surface area (Å²) in [6.07, 6.45) is 0. The summed E-state index contributed by atoms with van der Waals surface area (Å²) in [5.74, 6) is -0.0409. The minimum atomic E-state index is -0.0409. The molecule has 4 aromatic carbocycles. The highest BCUT2D eigenvalue weighted by molar-refractivity contribution is 6.17. The molecule has 0 heterocycles. The number of carbonyl (C=O) groups excluding carboxylic acids is 1. The molecule has 4 rings (SSSR count). The Morgan fingerprint density at radius 1 is 0.708 bits per heavy atom. The number of fused-ring (bicyclic) bond motifs is 3. The molecule has 2 heteroatoms. The van der Waals surface area contributed by atoms with Crippen LogP contribution in [0.5, 0.6) is 0 Å². The molecule has 2 nitrogen and oxygen atoms in total. The third-order valence-electron chi connectivity index (χ3n) is 4.31. The highest BCUT2D eigenvalue weighted by Crippen LogP contribution is 2.28. The van der Waals surface area contributed by atoms with Crippen molar-refractivity contribution in [3.05, 3.63) is 96.1 Å². The SMILES string of the molecule is O=C(NCc1ccccc1)c1cc2ccccc2c2ccccc12. The van der Waals surface area contributed by atoms with Crippen LogP contribution in [-0.2, 0) is 6.54 Å². The van der Waals surface area contributed by atoms with E-state index < -0.39 is 0 Å². The highest BCUT2D eigenvalue weighted by Gasteiger charge is 2.12. The second-order valence-corrected chi connectivity index (χ2v) is 5.86.